The standard InChI is InChI=1S/C19H14F6N2O4S/c1-17(29,10-32(30,31)14-6-3-12(20)4-7-14)16(28)27-13-5-2-11(9-26)15(8-13)18(21,22)19(23,24)25/h2-8,29H,10H2,1H3,(H,27,28). The molecular formula is C19H14F6N2O4S. The molecule has 0 aliphatic heterocycles. The van der Waals surface area contributed by atoms with E-state index in [1.54, 1.807) is 0 Å². The third-order valence-corrected chi connectivity index (χ3v) is 6.16. The first kappa shape index (κ1) is 25.2. The first-order valence-corrected chi connectivity index (χ1v) is 10.2. The Morgan fingerprint density at radius 2 is 1.66 bits per heavy atom. The smallest absolute Gasteiger partial charge is 0.379 e. The third kappa shape index (κ3) is 5.20. The molecule has 0 fully saturated rings. The van der Waals surface area contributed by atoms with Gasteiger partial charge in [0.15, 0.2) is 15.4 Å². The summed E-state index contributed by atoms with van der Waals surface area (Å²) in [5.74, 6) is -8.80. The van der Waals surface area contributed by atoms with Crippen molar-refractivity contribution in [1.29, 1.82) is 5.26 Å². The molecule has 0 saturated heterocycles. The minimum Gasteiger partial charge on any atom is -0.379 e. The van der Waals surface area contributed by atoms with E-state index >= 15 is 0 Å². The Morgan fingerprint density at radius 1 is 1.09 bits per heavy atom. The summed E-state index contributed by atoms with van der Waals surface area (Å²) in [6.07, 6.45) is -6.03. The van der Waals surface area contributed by atoms with Crippen LogP contribution in [0.15, 0.2) is 47.4 Å². The molecule has 0 heterocycles. The highest BCUT2D eigenvalue weighted by molar-refractivity contribution is 7.91. The normalized spacial score (nSPS) is 14.3. The van der Waals surface area contributed by atoms with Gasteiger partial charge in [-0.2, -0.15) is 27.2 Å². The van der Waals surface area contributed by atoms with Crippen LogP contribution in [0.25, 0.3) is 0 Å². The fourth-order valence-corrected chi connectivity index (χ4v) is 4.15. The van der Waals surface area contributed by atoms with E-state index < -0.39 is 66.7 Å². The number of sulfone groups is 1. The largest absolute Gasteiger partial charge is 0.458 e. The monoisotopic (exact) mass is 480 g/mol. The number of carbonyl (C=O) groups is 1. The molecule has 1 amide bonds. The van der Waals surface area contributed by atoms with Crippen LogP contribution in [0.1, 0.15) is 18.1 Å². The topological polar surface area (TPSA) is 107 Å². The number of carbonyl (C=O) groups excluding carboxylic acids is 1. The second-order valence-corrected chi connectivity index (χ2v) is 8.87. The van der Waals surface area contributed by atoms with Gasteiger partial charge in [-0.15, -0.1) is 0 Å². The fraction of sp³-hybridized carbons (Fsp3) is 0.263. The van der Waals surface area contributed by atoms with Crippen LogP contribution in [0.2, 0.25) is 0 Å². The quantitative estimate of drug-likeness (QED) is 0.486. The van der Waals surface area contributed by atoms with Crippen molar-refractivity contribution in [2.75, 3.05) is 11.1 Å². The molecule has 0 radical (unpaired) electrons. The average Bonchev–Trinajstić information content (AvgIpc) is 2.66. The molecule has 2 rings (SSSR count). The molecular weight excluding hydrogens is 466 g/mol. The zero-order chi connectivity index (χ0) is 24.5. The van der Waals surface area contributed by atoms with E-state index in [4.69, 9.17) is 5.26 Å². The third-order valence-electron chi connectivity index (χ3n) is 4.23. The van der Waals surface area contributed by atoms with Gasteiger partial charge in [0.25, 0.3) is 5.91 Å². The Hall–Kier alpha value is -3.11. The van der Waals surface area contributed by atoms with E-state index in [0.717, 1.165) is 37.3 Å². The first-order valence-electron chi connectivity index (χ1n) is 8.52. The molecule has 6 nitrogen and oxygen atoms in total. The van der Waals surface area contributed by atoms with E-state index in [0.29, 0.717) is 6.07 Å². The number of hydrogen-bond acceptors (Lipinski definition) is 5. The second-order valence-electron chi connectivity index (χ2n) is 6.89. The highest BCUT2D eigenvalue weighted by Gasteiger charge is 2.59. The second kappa shape index (κ2) is 8.44. The van der Waals surface area contributed by atoms with Gasteiger partial charge in [-0.1, -0.05) is 0 Å². The number of anilines is 1. The van der Waals surface area contributed by atoms with Crippen LogP contribution in [0.4, 0.5) is 32.0 Å². The molecule has 2 aromatic carbocycles. The van der Waals surface area contributed by atoms with Crippen LogP contribution in [0.5, 0.6) is 0 Å². The Bertz CT molecular complexity index is 1170. The summed E-state index contributed by atoms with van der Waals surface area (Å²) in [6.45, 7) is 0.776. The van der Waals surface area contributed by atoms with Crippen molar-refractivity contribution in [2.45, 2.75) is 29.5 Å². The number of alkyl halides is 5. The minimum absolute atomic E-state index is 0.203. The van der Waals surface area contributed by atoms with Crippen molar-refractivity contribution in [3.63, 3.8) is 0 Å². The summed E-state index contributed by atoms with van der Waals surface area (Å²) < 4.78 is 103. The number of benzene rings is 2. The van der Waals surface area contributed by atoms with Crippen LogP contribution >= 0.6 is 0 Å². The van der Waals surface area contributed by atoms with Gasteiger partial charge < -0.3 is 10.4 Å². The lowest BCUT2D eigenvalue weighted by Gasteiger charge is -2.24. The van der Waals surface area contributed by atoms with E-state index in [2.05, 4.69) is 0 Å². The Morgan fingerprint density at radius 3 is 2.16 bits per heavy atom. The lowest BCUT2D eigenvalue weighted by molar-refractivity contribution is -0.289. The van der Waals surface area contributed by atoms with Gasteiger partial charge in [-0.25, -0.2) is 12.8 Å². The Kier molecular flexibility index (Phi) is 6.63. The van der Waals surface area contributed by atoms with E-state index in [-0.39, 0.29) is 6.07 Å². The van der Waals surface area contributed by atoms with Gasteiger partial charge in [0, 0.05) is 5.69 Å². The summed E-state index contributed by atoms with van der Waals surface area (Å²) in [5, 5.41) is 21.0. The van der Waals surface area contributed by atoms with E-state index in [1.807, 2.05) is 5.32 Å². The molecule has 2 N–H and O–H groups in total. The van der Waals surface area contributed by atoms with Gasteiger partial charge in [-0.3, -0.25) is 4.79 Å². The summed E-state index contributed by atoms with van der Waals surface area (Å²) in [7, 11) is -4.32. The molecule has 2 aromatic rings. The summed E-state index contributed by atoms with van der Waals surface area (Å²) >= 11 is 0. The molecule has 0 saturated carbocycles. The van der Waals surface area contributed by atoms with Gasteiger partial charge in [0.05, 0.1) is 27.8 Å². The van der Waals surface area contributed by atoms with E-state index in [1.165, 1.54) is 6.07 Å². The van der Waals surface area contributed by atoms with Crippen LogP contribution in [0, 0.1) is 17.1 Å². The zero-order valence-corrected chi connectivity index (χ0v) is 16.9. The molecule has 0 aliphatic carbocycles. The number of nitrogens with zero attached hydrogens (tertiary/aromatic N) is 1. The number of amides is 1. The fourth-order valence-electron chi connectivity index (χ4n) is 2.56. The van der Waals surface area contributed by atoms with Crippen molar-refractivity contribution in [3.05, 3.63) is 59.4 Å². The molecule has 1 unspecified atom stereocenters. The number of rotatable bonds is 6. The van der Waals surface area contributed by atoms with Crippen molar-refractivity contribution >= 4 is 21.4 Å². The van der Waals surface area contributed by atoms with Gasteiger partial charge >= 0.3 is 12.1 Å². The number of aliphatic hydroxyl groups is 1. The number of halogens is 6. The summed E-state index contributed by atoms with van der Waals surface area (Å²) in [6, 6.07) is 6.28. The zero-order valence-electron chi connectivity index (χ0n) is 16.0. The van der Waals surface area contributed by atoms with Crippen LogP contribution in [-0.2, 0) is 20.6 Å². The van der Waals surface area contributed by atoms with Crippen LogP contribution in [-0.4, -0.2) is 37.0 Å². The van der Waals surface area contributed by atoms with Crippen molar-refractivity contribution in [3.8, 4) is 6.07 Å². The summed E-state index contributed by atoms with van der Waals surface area (Å²) in [4.78, 5) is 11.9. The average molecular weight is 480 g/mol. The maximum absolute atomic E-state index is 13.8. The molecule has 32 heavy (non-hydrogen) atoms. The molecule has 0 aliphatic rings. The van der Waals surface area contributed by atoms with Crippen molar-refractivity contribution < 1.29 is 44.7 Å². The lowest BCUT2D eigenvalue weighted by Crippen LogP contribution is -2.45. The maximum Gasteiger partial charge on any atom is 0.458 e. The molecule has 0 spiro atoms. The lowest BCUT2D eigenvalue weighted by atomic mass is 10.0. The van der Waals surface area contributed by atoms with Crippen LogP contribution in [0.3, 0.4) is 0 Å². The van der Waals surface area contributed by atoms with Gasteiger partial charge in [0.2, 0.25) is 0 Å². The summed E-state index contributed by atoms with van der Waals surface area (Å²) in [5.41, 5.74) is -6.04. The molecule has 172 valence electrons. The van der Waals surface area contributed by atoms with Crippen molar-refractivity contribution in [1.82, 2.24) is 0 Å². The predicted molar refractivity (Wildman–Crippen MR) is 98.8 cm³/mol. The first-order chi connectivity index (χ1) is 14.5. The number of nitrogens with one attached hydrogen (secondary N) is 1. The highest BCUT2D eigenvalue weighted by atomic mass is 32.2. The van der Waals surface area contributed by atoms with Crippen LogP contribution < -0.4 is 5.32 Å². The molecule has 1 atom stereocenters. The number of nitriles is 1. The van der Waals surface area contributed by atoms with E-state index in [9.17, 15) is 44.7 Å². The molecule has 0 bridgehead atoms. The molecule has 0 aromatic heterocycles. The maximum atomic E-state index is 13.8. The van der Waals surface area contributed by atoms with Crippen molar-refractivity contribution in [2.24, 2.45) is 0 Å². The van der Waals surface area contributed by atoms with Gasteiger partial charge in [0.1, 0.15) is 5.82 Å². The molecule has 13 heteroatoms. The Labute approximate surface area is 178 Å². The number of hydrogen-bond donors (Lipinski definition) is 2. The minimum atomic E-state index is -6.03. The predicted octanol–water partition coefficient (Wildman–Crippen LogP) is 3.51. The SMILES string of the molecule is CC(O)(CS(=O)(=O)c1ccc(F)cc1)C(=O)Nc1ccc(C#N)c(C(F)(F)C(F)(F)F)c1. The highest BCUT2D eigenvalue weighted by Crippen LogP contribution is 2.45. The Balaban J connectivity index is 2.32. The van der Waals surface area contributed by atoms with Gasteiger partial charge in [-0.05, 0) is 49.4 Å².